The predicted molar refractivity (Wildman–Crippen MR) is 80.0 cm³/mol. The number of nitrogens with zero attached hydrogens (tertiary/aromatic N) is 3. The summed E-state index contributed by atoms with van der Waals surface area (Å²) < 4.78 is 0. The third kappa shape index (κ3) is 2.37. The summed E-state index contributed by atoms with van der Waals surface area (Å²) in [6.07, 6.45) is 10.5. The lowest BCUT2D eigenvalue weighted by Crippen LogP contribution is -2.25. The second kappa shape index (κ2) is 5.07. The summed E-state index contributed by atoms with van der Waals surface area (Å²) >= 11 is 1.60. The van der Waals surface area contributed by atoms with Gasteiger partial charge in [0.15, 0.2) is 0 Å². The minimum atomic E-state index is -0.318. The van der Waals surface area contributed by atoms with Gasteiger partial charge < -0.3 is 4.90 Å². The second-order valence-corrected chi connectivity index (χ2v) is 6.31. The highest BCUT2D eigenvalue weighted by molar-refractivity contribution is 7.16. The van der Waals surface area contributed by atoms with Gasteiger partial charge in [0, 0.05) is 24.5 Å². The molecule has 0 saturated heterocycles. The summed E-state index contributed by atoms with van der Waals surface area (Å²) in [4.78, 5) is 7.50. The lowest BCUT2D eigenvalue weighted by atomic mass is 9.73. The van der Waals surface area contributed by atoms with E-state index >= 15 is 0 Å². The Bertz CT molecular complexity index is 598. The van der Waals surface area contributed by atoms with E-state index in [2.05, 4.69) is 23.9 Å². The van der Waals surface area contributed by atoms with Crippen molar-refractivity contribution in [3.8, 4) is 18.4 Å². The van der Waals surface area contributed by atoms with Crippen LogP contribution in [0.4, 0.5) is 5.00 Å². The van der Waals surface area contributed by atoms with Crippen molar-refractivity contribution in [2.45, 2.75) is 31.6 Å². The molecule has 1 heterocycles. The van der Waals surface area contributed by atoms with Crippen molar-refractivity contribution in [2.24, 2.45) is 4.99 Å². The standard InChI is InChI=1S/C15H17N3S/c1-5-15(2)8-6-7-12-13(15)11(9-16)14(19-12)17-10-18(3)4/h1,10H,6-8H2,2-4H3/b17-10+. The molecular formula is C15H17N3S. The molecule has 0 saturated carbocycles. The summed E-state index contributed by atoms with van der Waals surface area (Å²) in [5.41, 5.74) is 1.39. The highest BCUT2D eigenvalue weighted by Gasteiger charge is 2.36. The van der Waals surface area contributed by atoms with Gasteiger partial charge in [-0.1, -0.05) is 5.92 Å². The highest BCUT2D eigenvalue weighted by Crippen LogP contribution is 2.47. The highest BCUT2D eigenvalue weighted by atomic mass is 32.1. The molecule has 0 spiro atoms. The van der Waals surface area contributed by atoms with Crippen molar-refractivity contribution in [2.75, 3.05) is 14.1 Å². The molecule has 4 heteroatoms. The zero-order chi connectivity index (χ0) is 14.0. The van der Waals surface area contributed by atoms with Gasteiger partial charge >= 0.3 is 0 Å². The summed E-state index contributed by atoms with van der Waals surface area (Å²) in [5.74, 6) is 2.88. The maximum absolute atomic E-state index is 9.46. The Morgan fingerprint density at radius 1 is 1.53 bits per heavy atom. The molecule has 0 bridgehead atoms. The summed E-state index contributed by atoms with van der Waals surface area (Å²) in [6.45, 7) is 2.05. The first-order valence-corrected chi connectivity index (χ1v) is 7.08. The van der Waals surface area contributed by atoms with Crippen LogP contribution in [-0.2, 0) is 11.8 Å². The Hall–Kier alpha value is -1.78. The Morgan fingerprint density at radius 2 is 2.26 bits per heavy atom. The molecule has 1 aliphatic carbocycles. The van der Waals surface area contributed by atoms with Crippen LogP contribution in [0.5, 0.6) is 0 Å². The van der Waals surface area contributed by atoms with Crippen molar-refractivity contribution in [1.82, 2.24) is 4.90 Å². The van der Waals surface area contributed by atoms with Crippen LogP contribution in [0.2, 0.25) is 0 Å². The number of aliphatic imine (C=N–C) groups is 1. The van der Waals surface area contributed by atoms with Crippen LogP contribution in [0.3, 0.4) is 0 Å². The third-order valence-electron chi connectivity index (χ3n) is 3.43. The van der Waals surface area contributed by atoms with Crippen molar-refractivity contribution in [3.63, 3.8) is 0 Å². The van der Waals surface area contributed by atoms with Crippen molar-refractivity contribution < 1.29 is 0 Å². The van der Waals surface area contributed by atoms with Crippen LogP contribution in [0.1, 0.15) is 35.8 Å². The first-order valence-electron chi connectivity index (χ1n) is 6.26. The molecule has 3 nitrogen and oxygen atoms in total. The van der Waals surface area contributed by atoms with E-state index in [0.717, 1.165) is 29.8 Å². The van der Waals surface area contributed by atoms with Gasteiger partial charge in [0.05, 0.1) is 17.3 Å². The van der Waals surface area contributed by atoms with Gasteiger partial charge in [-0.05, 0) is 26.2 Å². The summed E-state index contributed by atoms with van der Waals surface area (Å²) in [5, 5.41) is 10.2. The molecule has 1 atom stereocenters. The Labute approximate surface area is 118 Å². The van der Waals surface area contributed by atoms with E-state index in [-0.39, 0.29) is 5.41 Å². The van der Waals surface area contributed by atoms with E-state index in [1.165, 1.54) is 4.88 Å². The number of terminal acetylenes is 1. The first kappa shape index (κ1) is 13.6. The Balaban J connectivity index is 2.58. The molecular weight excluding hydrogens is 254 g/mol. The van der Waals surface area contributed by atoms with Crippen LogP contribution in [0, 0.1) is 23.7 Å². The smallest absolute Gasteiger partial charge is 0.136 e. The summed E-state index contributed by atoms with van der Waals surface area (Å²) in [7, 11) is 3.82. The van der Waals surface area contributed by atoms with Crippen molar-refractivity contribution in [1.29, 1.82) is 5.26 Å². The summed E-state index contributed by atoms with van der Waals surface area (Å²) in [6, 6.07) is 2.30. The number of thiophene rings is 1. The fraction of sp³-hybridized carbons (Fsp3) is 0.467. The van der Waals surface area contributed by atoms with Crippen LogP contribution >= 0.6 is 11.3 Å². The van der Waals surface area contributed by atoms with Gasteiger partial charge in [-0.25, -0.2) is 4.99 Å². The molecule has 98 valence electrons. The monoisotopic (exact) mass is 271 g/mol. The molecule has 0 radical (unpaired) electrons. The average molecular weight is 271 g/mol. The topological polar surface area (TPSA) is 39.4 Å². The molecule has 1 aliphatic rings. The van der Waals surface area contributed by atoms with Gasteiger partial charge in [0.25, 0.3) is 0 Å². The molecule has 0 aromatic carbocycles. The lowest BCUT2D eigenvalue weighted by molar-refractivity contribution is 0.502. The van der Waals surface area contributed by atoms with Crippen LogP contribution < -0.4 is 0 Å². The molecule has 0 amide bonds. The first-order chi connectivity index (χ1) is 9.01. The molecule has 0 N–H and O–H groups in total. The minimum absolute atomic E-state index is 0.318. The third-order valence-corrected chi connectivity index (χ3v) is 4.59. The SMILES string of the molecule is C#CC1(C)CCCc2sc(/N=C/N(C)C)c(C#N)c21. The minimum Gasteiger partial charge on any atom is -0.369 e. The second-order valence-electron chi connectivity index (χ2n) is 5.23. The molecule has 0 fully saturated rings. The zero-order valence-corrected chi connectivity index (χ0v) is 12.3. The quantitative estimate of drug-likeness (QED) is 0.471. The number of hydrogen-bond donors (Lipinski definition) is 0. The van der Waals surface area contributed by atoms with Crippen LogP contribution in [0.15, 0.2) is 4.99 Å². The van der Waals surface area contributed by atoms with Crippen molar-refractivity contribution in [3.05, 3.63) is 16.0 Å². The average Bonchev–Trinajstić information content (AvgIpc) is 2.75. The van der Waals surface area contributed by atoms with Crippen LogP contribution in [0.25, 0.3) is 0 Å². The molecule has 19 heavy (non-hydrogen) atoms. The van der Waals surface area contributed by atoms with Crippen LogP contribution in [-0.4, -0.2) is 25.3 Å². The predicted octanol–water partition coefficient (Wildman–Crippen LogP) is 3.07. The fourth-order valence-corrected chi connectivity index (χ4v) is 3.72. The molecule has 1 aromatic heterocycles. The zero-order valence-electron chi connectivity index (χ0n) is 11.5. The Morgan fingerprint density at radius 3 is 2.84 bits per heavy atom. The Kier molecular flexibility index (Phi) is 3.64. The number of rotatable bonds is 2. The number of nitriles is 1. The van der Waals surface area contributed by atoms with E-state index in [1.54, 1.807) is 17.7 Å². The molecule has 1 aromatic rings. The number of aryl methyl sites for hydroxylation is 1. The maximum Gasteiger partial charge on any atom is 0.136 e. The van der Waals surface area contributed by atoms with Crippen molar-refractivity contribution >= 4 is 22.7 Å². The number of fused-ring (bicyclic) bond motifs is 1. The van der Waals surface area contributed by atoms with Gasteiger partial charge in [0.2, 0.25) is 0 Å². The fourth-order valence-electron chi connectivity index (χ4n) is 2.46. The van der Waals surface area contributed by atoms with Gasteiger partial charge in [0.1, 0.15) is 11.1 Å². The maximum atomic E-state index is 9.46. The van der Waals surface area contributed by atoms with E-state index in [1.807, 2.05) is 19.0 Å². The van der Waals surface area contributed by atoms with E-state index in [4.69, 9.17) is 6.42 Å². The molecule has 2 rings (SSSR count). The normalized spacial score (nSPS) is 21.7. The van der Waals surface area contributed by atoms with E-state index in [9.17, 15) is 5.26 Å². The molecule has 1 unspecified atom stereocenters. The van der Waals surface area contributed by atoms with Gasteiger partial charge in [-0.2, -0.15) is 5.26 Å². The largest absolute Gasteiger partial charge is 0.369 e. The van der Waals surface area contributed by atoms with Gasteiger partial charge in [-0.15, -0.1) is 17.8 Å². The lowest BCUT2D eigenvalue weighted by Gasteiger charge is -2.29. The molecule has 0 aliphatic heterocycles. The number of hydrogen-bond acceptors (Lipinski definition) is 3. The van der Waals surface area contributed by atoms with E-state index < -0.39 is 0 Å². The van der Waals surface area contributed by atoms with Gasteiger partial charge in [-0.3, -0.25) is 0 Å². The van der Waals surface area contributed by atoms with E-state index in [0.29, 0.717) is 5.56 Å².